The van der Waals surface area contributed by atoms with E-state index in [1.165, 1.54) is 0 Å². The van der Waals surface area contributed by atoms with Gasteiger partial charge >= 0.3 is 0 Å². The lowest BCUT2D eigenvalue weighted by molar-refractivity contribution is 0.845. The molecule has 0 aliphatic carbocycles. The molecule has 0 amide bonds. The molecule has 0 spiro atoms. The van der Waals surface area contributed by atoms with Gasteiger partial charge in [0.1, 0.15) is 17.0 Å². The molecule has 2 aromatic carbocycles. The third kappa shape index (κ3) is 3.88. The average Bonchev–Trinajstić information content (AvgIpc) is 2.77. The summed E-state index contributed by atoms with van der Waals surface area (Å²) >= 11 is 5.92. The number of rotatable bonds is 4. The van der Waals surface area contributed by atoms with Crippen LogP contribution in [0.2, 0.25) is 5.15 Å². The zero-order valence-corrected chi connectivity index (χ0v) is 18.1. The van der Waals surface area contributed by atoms with Crippen LogP contribution in [0, 0.1) is 18.3 Å². The minimum atomic E-state index is -0.235. The van der Waals surface area contributed by atoms with E-state index in [0.717, 1.165) is 16.7 Å². The maximum Gasteiger partial charge on any atom is 0.261 e. The Kier molecular flexibility index (Phi) is 5.45. The fourth-order valence-corrected chi connectivity index (χ4v) is 3.82. The van der Waals surface area contributed by atoms with Gasteiger partial charge in [-0.05, 0) is 37.6 Å². The van der Waals surface area contributed by atoms with Crippen LogP contribution in [0.3, 0.4) is 0 Å². The lowest BCUT2D eigenvalue weighted by atomic mass is 10.0. The minimum Gasteiger partial charge on any atom is -0.376 e. The van der Waals surface area contributed by atoms with Crippen molar-refractivity contribution in [3.05, 3.63) is 86.9 Å². The van der Waals surface area contributed by atoms with Gasteiger partial charge in [0.15, 0.2) is 5.69 Å². The van der Waals surface area contributed by atoms with Crippen molar-refractivity contribution in [3.8, 4) is 17.5 Å². The predicted molar refractivity (Wildman–Crippen MR) is 123 cm³/mol. The van der Waals surface area contributed by atoms with Crippen molar-refractivity contribution in [2.24, 2.45) is 7.05 Å². The summed E-state index contributed by atoms with van der Waals surface area (Å²) in [6, 6.07) is 18.7. The van der Waals surface area contributed by atoms with Gasteiger partial charge in [0.2, 0.25) is 0 Å². The number of nitrogens with zero attached hydrogens (tertiary/aromatic N) is 4. The molecular weight excluding hydrogens is 410 g/mol. The maximum atomic E-state index is 13.2. The molecule has 1 unspecified atom stereocenters. The molecule has 2 aromatic heterocycles. The highest BCUT2D eigenvalue weighted by molar-refractivity contribution is 6.29. The van der Waals surface area contributed by atoms with Crippen LogP contribution >= 0.6 is 11.6 Å². The summed E-state index contributed by atoms with van der Waals surface area (Å²) in [5, 5.41) is 13.5. The van der Waals surface area contributed by atoms with Crippen molar-refractivity contribution >= 4 is 28.2 Å². The standard InChI is InChI=1S/C24H20ClN5O/c1-14-11-17(15(2)27-19-9-10-21(25)28-20(19)13-26)22-18(12-14)24(31)30(3)23(29-22)16-7-5-4-6-8-16/h4-12,15,27H,1-3H3. The molecule has 0 fully saturated rings. The van der Waals surface area contributed by atoms with Gasteiger partial charge < -0.3 is 5.32 Å². The van der Waals surface area contributed by atoms with Crippen LogP contribution in [0.5, 0.6) is 0 Å². The third-order valence-corrected chi connectivity index (χ3v) is 5.40. The molecule has 1 atom stereocenters. The number of anilines is 1. The molecule has 0 saturated carbocycles. The van der Waals surface area contributed by atoms with E-state index in [-0.39, 0.29) is 22.4 Å². The average molecular weight is 430 g/mol. The molecule has 6 nitrogen and oxygen atoms in total. The van der Waals surface area contributed by atoms with E-state index >= 15 is 0 Å². The first-order valence-corrected chi connectivity index (χ1v) is 10.2. The van der Waals surface area contributed by atoms with Crippen LogP contribution < -0.4 is 10.9 Å². The van der Waals surface area contributed by atoms with Crippen LogP contribution in [0.15, 0.2) is 59.4 Å². The Bertz CT molecular complexity index is 1390. The lowest BCUT2D eigenvalue weighted by Crippen LogP contribution is -2.22. The van der Waals surface area contributed by atoms with Crippen LogP contribution in [0.1, 0.15) is 29.8 Å². The van der Waals surface area contributed by atoms with Crippen molar-refractivity contribution in [2.45, 2.75) is 19.9 Å². The van der Waals surface area contributed by atoms with Crippen molar-refractivity contribution in [2.75, 3.05) is 5.32 Å². The summed E-state index contributed by atoms with van der Waals surface area (Å²) in [5.74, 6) is 0.598. The summed E-state index contributed by atoms with van der Waals surface area (Å²) in [7, 11) is 1.74. The van der Waals surface area contributed by atoms with Crippen molar-refractivity contribution in [1.82, 2.24) is 14.5 Å². The van der Waals surface area contributed by atoms with Crippen LogP contribution in [0.4, 0.5) is 5.69 Å². The number of hydrogen-bond donors (Lipinski definition) is 1. The summed E-state index contributed by atoms with van der Waals surface area (Å²) < 4.78 is 1.58. The first-order valence-electron chi connectivity index (χ1n) is 9.79. The Hall–Kier alpha value is -3.69. The summed E-state index contributed by atoms with van der Waals surface area (Å²) in [4.78, 5) is 22.1. The number of hydrogen-bond acceptors (Lipinski definition) is 5. The van der Waals surface area contributed by atoms with Gasteiger partial charge in [0.05, 0.1) is 22.6 Å². The fourth-order valence-electron chi connectivity index (χ4n) is 3.68. The van der Waals surface area contributed by atoms with E-state index in [1.54, 1.807) is 23.7 Å². The Balaban J connectivity index is 1.89. The van der Waals surface area contributed by atoms with Crippen LogP contribution in [-0.4, -0.2) is 14.5 Å². The molecule has 0 saturated heterocycles. The SMILES string of the molecule is Cc1cc(C(C)Nc2ccc(Cl)nc2C#N)c2nc(-c3ccccc3)n(C)c(=O)c2c1. The molecule has 4 rings (SSSR count). The molecule has 0 aliphatic heterocycles. The topological polar surface area (TPSA) is 83.6 Å². The maximum absolute atomic E-state index is 13.2. The van der Waals surface area contributed by atoms with E-state index < -0.39 is 0 Å². The Morgan fingerprint density at radius 2 is 1.87 bits per heavy atom. The monoisotopic (exact) mass is 429 g/mol. The first kappa shape index (κ1) is 20.6. The Labute approximate surface area is 184 Å². The molecule has 0 bridgehead atoms. The molecular formula is C24H20ClN5O. The van der Waals surface area contributed by atoms with Gasteiger partial charge in [0.25, 0.3) is 5.56 Å². The number of nitrogens with one attached hydrogen (secondary N) is 1. The highest BCUT2D eigenvalue weighted by Crippen LogP contribution is 2.29. The molecule has 31 heavy (non-hydrogen) atoms. The summed E-state index contributed by atoms with van der Waals surface area (Å²) in [6.45, 7) is 3.91. The largest absolute Gasteiger partial charge is 0.376 e. The second-order valence-corrected chi connectivity index (χ2v) is 7.81. The smallest absolute Gasteiger partial charge is 0.261 e. The van der Waals surface area contributed by atoms with Gasteiger partial charge in [0, 0.05) is 18.2 Å². The van der Waals surface area contributed by atoms with E-state index in [4.69, 9.17) is 16.6 Å². The molecule has 2 heterocycles. The number of nitriles is 1. The molecule has 7 heteroatoms. The number of aryl methyl sites for hydroxylation is 1. The first-order chi connectivity index (χ1) is 14.9. The molecule has 1 N–H and O–H groups in total. The zero-order valence-electron chi connectivity index (χ0n) is 17.3. The third-order valence-electron chi connectivity index (χ3n) is 5.19. The number of aromatic nitrogens is 3. The number of pyridine rings is 1. The zero-order chi connectivity index (χ0) is 22.1. The predicted octanol–water partition coefficient (Wildman–Crippen LogP) is 5.00. The lowest BCUT2D eigenvalue weighted by Gasteiger charge is -2.19. The van der Waals surface area contributed by atoms with Gasteiger partial charge in [-0.3, -0.25) is 9.36 Å². The normalized spacial score (nSPS) is 11.8. The fraction of sp³-hybridized carbons (Fsp3) is 0.167. The molecule has 0 aliphatic rings. The van der Waals surface area contributed by atoms with Crippen molar-refractivity contribution < 1.29 is 0 Å². The van der Waals surface area contributed by atoms with Crippen molar-refractivity contribution in [1.29, 1.82) is 5.26 Å². The number of fused-ring (bicyclic) bond motifs is 1. The highest BCUT2D eigenvalue weighted by atomic mass is 35.5. The Morgan fingerprint density at radius 3 is 2.58 bits per heavy atom. The molecule has 154 valence electrons. The molecule has 0 radical (unpaired) electrons. The van der Waals surface area contributed by atoms with Crippen LogP contribution in [-0.2, 0) is 7.05 Å². The van der Waals surface area contributed by atoms with E-state index in [2.05, 4.69) is 16.4 Å². The summed E-state index contributed by atoms with van der Waals surface area (Å²) in [6.07, 6.45) is 0. The quantitative estimate of drug-likeness (QED) is 0.461. The second-order valence-electron chi connectivity index (χ2n) is 7.42. The number of halogens is 1. The second kappa shape index (κ2) is 8.21. The summed E-state index contributed by atoms with van der Waals surface area (Å²) in [5.41, 5.74) is 4.00. The van der Waals surface area contributed by atoms with E-state index in [0.29, 0.717) is 22.4 Å². The van der Waals surface area contributed by atoms with E-state index in [9.17, 15) is 10.1 Å². The van der Waals surface area contributed by atoms with Crippen LogP contribution in [0.25, 0.3) is 22.3 Å². The Morgan fingerprint density at radius 1 is 1.13 bits per heavy atom. The van der Waals surface area contributed by atoms with Gasteiger partial charge in [-0.25, -0.2) is 9.97 Å². The van der Waals surface area contributed by atoms with Gasteiger partial charge in [-0.1, -0.05) is 48.0 Å². The van der Waals surface area contributed by atoms with Gasteiger partial charge in [-0.2, -0.15) is 5.26 Å². The number of benzene rings is 2. The van der Waals surface area contributed by atoms with E-state index in [1.807, 2.05) is 56.3 Å². The van der Waals surface area contributed by atoms with Gasteiger partial charge in [-0.15, -0.1) is 0 Å². The highest BCUT2D eigenvalue weighted by Gasteiger charge is 2.18. The molecule has 4 aromatic rings. The van der Waals surface area contributed by atoms with Crippen molar-refractivity contribution in [3.63, 3.8) is 0 Å². The minimum absolute atomic E-state index is 0.105.